The van der Waals surface area contributed by atoms with Crippen LogP contribution in [0.4, 0.5) is 24.5 Å². The zero-order valence-electron chi connectivity index (χ0n) is 16.0. The molecule has 2 aromatic carbocycles. The van der Waals surface area contributed by atoms with Gasteiger partial charge in [0.05, 0.1) is 17.5 Å². The van der Waals surface area contributed by atoms with E-state index >= 15 is 0 Å². The number of primary amides is 1. The fourth-order valence-corrected chi connectivity index (χ4v) is 2.83. The fraction of sp³-hybridized carbons (Fsp3) is 0.100. The lowest BCUT2D eigenvalue weighted by Crippen LogP contribution is -2.22. The predicted octanol–water partition coefficient (Wildman–Crippen LogP) is 3.04. The molecule has 0 atom stereocenters. The van der Waals surface area contributed by atoms with E-state index in [4.69, 9.17) is 5.73 Å². The first-order valence-corrected chi connectivity index (χ1v) is 8.78. The molecule has 0 unspecified atom stereocenters. The van der Waals surface area contributed by atoms with Crippen LogP contribution in [0.2, 0.25) is 0 Å². The maximum absolute atomic E-state index is 13.1. The summed E-state index contributed by atoms with van der Waals surface area (Å²) in [4.78, 5) is 39.9. The molecular formula is C20H16F3N5O3. The van der Waals surface area contributed by atoms with Gasteiger partial charge in [-0.2, -0.15) is 13.2 Å². The van der Waals surface area contributed by atoms with Crippen molar-refractivity contribution in [1.82, 2.24) is 9.55 Å². The SMILES string of the molecule is Cn1cnc(C(N)=O)c1C(=O)Nc1ccc(NC(=O)c2ccccc2C(F)(F)F)cc1. The normalized spacial score (nSPS) is 11.1. The van der Waals surface area contributed by atoms with Gasteiger partial charge in [0.25, 0.3) is 17.7 Å². The molecule has 0 bridgehead atoms. The summed E-state index contributed by atoms with van der Waals surface area (Å²) >= 11 is 0. The number of alkyl halides is 3. The maximum atomic E-state index is 13.1. The van der Waals surface area contributed by atoms with E-state index in [2.05, 4.69) is 15.6 Å². The third kappa shape index (κ3) is 4.71. The van der Waals surface area contributed by atoms with Crippen molar-refractivity contribution in [2.45, 2.75) is 6.18 Å². The highest BCUT2D eigenvalue weighted by Gasteiger charge is 2.34. The lowest BCUT2D eigenvalue weighted by atomic mass is 10.1. The molecule has 3 aromatic rings. The molecule has 0 radical (unpaired) electrons. The molecule has 0 spiro atoms. The Kier molecular flexibility index (Phi) is 5.77. The quantitative estimate of drug-likeness (QED) is 0.575. The highest BCUT2D eigenvalue weighted by molar-refractivity contribution is 6.10. The van der Waals surface area contributed by atoms with Crippen LogP contribution in [0, 0.1) is 0 Å². The Bertz CT molecular complexity index is 1150. The van der Waals surface area contributed by atoms with Crippen LogP contribution in [0.1, 0.15) is 36.9 Å². The number of carbonyl (C=O) groups is 3. The molecule has 0 aliphatic rings. The highest BCUT2D eigenvalue weighted by atomic mass is 19.4. The molecule has 0 aliphatic heterocycles. The average Bonchev–Trinajstić information content (AvgIpc) is 3.10. The van der Waals surface area contributed by atoms with Gasteiger partial charge in [0.1, 0.15) is 5.69 Å². The number of carbonyl (C=O) groups excluding carboxylic acids is 3. The molecule has 3 rings (SSSR count). The number of benzene rings is 2. The lowest BCUT2D eigenvalue weighted by Gasteiger charge is -2.13. The van der Waals surface area contributed by atoms with Gasteiger partial charge in [-0.3, -0.25) is 14.4 Å². The number of aryl methyl sites for hydroxylation is 1. The van der Waals surface area contributed by atoms with E-state index in [1.54, 1.807) is 0 Å². The van der Waals surface area contributed by atoms with Crippen molar-refractivity contribution < 1.29 is 27.6 Å². The molecule has 0 fully saturated rings. The predicted molar refractivity (Wildman–Crippen MR) is 106 cm³/mol. The van der Waals surface area contributed by atoms with Crippen LogP contribution in [0.3, 0.4) is 0 Å². The standard InChI is InChI=1S/C20H16F3N5O3/c1-28-10-25-15(17(24)29)16(28)19(31)27-12-8-6-11(7-9-12)26-18(30)13-4-2-3-5-14(13)20(21,22)23/h2-10H,1H3,(H2,24,29)(H,26,30)(H,27,31). The van der Waals surface area contributed by atoms with E-state index in [-0.39, 0.29) is 17.1 Å². The minimum absolute atomic E-state index is 0.0337. The van der Waals surface area contributed by atoms with Gasteiger partial charge in [-0.1, -0.05) is 12.1 Å². The molecule has 1 heterocycles. The number of rotatable bonds is 5. The number of nitrogens with two attached hydrogens (primary N) is 1. The monoisotopic (exact) mass is 431 g/mol. The molecule has 160 valence electrons. The number of amides is 3. The van der Waals surface area contributed by atoms with E-state index in [1.165, 1.54) is 54.3 Å². The second-order valence-corrected chi connectivity index (χ2v) is 6.45. The largest absolute Gasteiger partial charge is 0.417 e. The van der Waals surface area contributed by atoms with Crippen LogP contribution in [-0.2, 0) is 13.2 Å². The van der Waals surface area contributed by atoms with E-state index in [1.807, 2.05) is 0 Å². The van der Waals surface area contributed by atoms with Gasteiger partial charge in [-0.25, -0.2) is 4.98 Å². The smallest absolute Gasteiger partial charge is 0.364 e. The highest BCUT2D eigenvalue weighted by Crippen LogP contribution is 2.32. The number of anilines is 2. The van der Waals surface area contributed by atoms with Crippen molar-refractivity contribution >= 4 is 29.1 Å². The number of nitrogens with one attached hydrogen (secondary N) is 2. The molecular weight excluding hydrogens is 415 g/mol. The number of aromatic nitrogens is 2. The Morgan fingerprint density at radius 2 is 1.48 bits per heavy atom. The van der Waals surface area contributed by atoms with Crippen molar-refractivity contribution in [2.75, 3.05) is 10.6 Å². The first kappa shape index (κ1) is 21.6. The van der Waals surface area contributed by atoms with Crippen LogP contribution < -0.4 is 16.4 Å². The third-order valence-corrected chi connectivity index (χ3v) is 4.26. The van der Waals surface area contributed by atoms with Crippen molar-refractivity contribution in [3.8, 4) is 0 Å². The Balaban J connectivity index is 1.73. The van der Waals surface area contributed by atoms with Crippen molar-refractivity contribution in [2.24, 2.45) is 12.8 Å². The molecule has 3 amide bonds. The third-order valence-electron chi connectivity index (χ3n) is 4.26. The van der Waals surface area contributed by atoms with E-state index in [0.717, 1.165) is 12.1 Å². The van der Waals surface area contributed by atoms with Crippen LogP contribution >= 0.6 is 0 Å². The summed E-state index contributed by atoms with van der Waals surface area (Å²) in [5, 5.41) is 4.94. The topological polar surface area (TPSA) is 119 Å². The summed E-state index contributed by atoms with van der Waals surface area (Å²) in [6, 6.07) is 10.1. The van der Waals surface area contributed by atoms with Gasteiger partial charge in [0.2, 0.25) is 0 Å². The minimum Gasteiger partial charge on any atom is -0.364 e. The summed E-state index contributed by atoms with van der Waals surface area (Å²) < 4.78 is 40.6. The number of hydrogen-bond acceptors (Lipinski definition) is 4. The maximum Gasteiger partial charge on any atom is 0.417 e. The average molecular weight is 431 g/mol. The lowest BCUT2D eigenvalue weighted by molar-refractivity contribution is -0.137. The second-order valence-electron chi connectivity index (χ2n) is 6.45. The summed E-state index contributed by atoms with van der Waals surface area (Å²) in [6.07, 6.45) is -3.40. The summed E-state index contributed by atoms with van der Waals surface area (Å²) in [6.45, 7) is 0. The minimum atomic E-state index is -4.67. The Morgan fingerprint density at radius 3 is 2.03 bits per heavy atom. The summed E-state index contributed by atoms with van der Waals surface area (Å²) in [7, 11) is 1.52. The summed E-state index contributed by atoms with van der Waals surface area (Å²) in [5.41, 5.74) is 3.96. The van der Waals surface area contributed by atoms with Gasteiger partial charge in [-0.15, -0.1) is 0 Å². The molecule has 1 aromatic heterocycles. The van der Waals surface area contributed by atoms with Gasteiger partial charge in [-0.05, 0) is 36.4 Å². The van der Waals surface area contributed by atoms with Crippen molar-refractivity contribution in [3.63, 3.8) is 0 Å². The molecule has 31 heavy (non-hydrogen) atoms. The first-order chi connectivity index (χ1) is 14.6. The van der Waals surface area contributed by atoms with Gasteiger partial charge in [0, 0.05) is 18.4 Å². The second kappa shape index (κ2) is 8.30. The molecule has 0 saturated carbocycles. The van der Waals surface area contributed by atoms with Crippen LogP contribution in [0.25, 0.3) is 0 Å². The first-order valence-electron chi connectivity index (χ1n) is 8.78. The molecule has 4 N–H and O–H groups in total. The number of nitrogens with zero attached hydrogens (tertiary/aromatic N) is 2. The van der Waals surface area contributed by atoms with Gasteiger partial charge >= 0.3 is 6.18 Å². The molecule has 0 aliphatic carbocycles. The van der Waals surface area contributed by atoms with Crippen LogP contribution in [-0.4, -0.2) is 27.3 Å². The van der Waals surface area contributed by atoms with Gasteiger partial charge in [0.15, 0.2) is 5.69 Å². The van der Waals surface area contributed by atoms with Gasteiger partial charge < -0.3 is 20.9 Å². The Labute approximate surface area is 173 Å². The zero-order valence-corrected chi connectivity index (χ0v) is 16.0. The van der Waals surface area contributed by atoms with Crippen LogP contribution in [0.5, 0.6) is 0 Å². The van der Waals surface area contributed by atoms with E-state index in [0.29, 0.717) is 5.69 Å². The van der Waals surface area contributed by atoms with Crippen molar-refractivity contribution in [1.29, 1.82) is 0 Å². The van der Waals surface area contributed by atoms with E-state index < -0.39 is 35.0 Å². The van der Waals surface area contributed by atoms with Crippen LogP contribution in [0.15, 0.2) is 54.9 Å². The number of halogens is 3. The molecule has 0 saturated heterocycles. The Hall–Kier alpha value is -4.15. The number of hydrogen-bond donors (Lipinski definition) is 3. The molecule has 8 nitrogen and oxygen atoms in total. The zero-order chi connectivity index (χ0) is 22.8. The Morgan fingerprint density at radius 1 is 0.935 bits per heavy atom. The van der Waals surface area contributed by atoms with E-state index in [9.17, 15) is 27.6 Å². The summed E-state index contributed by atoms with van der Waals surface area (Å²) in [5.74, 6) is -2.42. The number of imidazole rings is 1. The van der Waals surface area contributed by atoms with Crippen molar-refractivity contribution in [3.05, 3.63) is 77.4 Å². The fourth-order valence-electron chi connectivity index (χ4n) is 2.83. The molecule has 11 heteroatoms.